The van der Waals surface area contributed by atoms with Crippen LogP contribution in [0.2, 0.25) is 5.02 Å². The van der Waals surface area contributed by atoms with Gasteiger partial charge in [0.15, 0.2) is 0 Å². The van der Waals surface area contributed by atoms with Crippen LogP contribution in [-0.2, 0) is 0 Å². The highest BCUT2D eigenvalue weighted by molar-refractivity contribution is 6.33. The maximum absolute atomic E-state index is 9.43. The zero-order valence-corrected chi connectivity index (χ0v) is 10.1. The summed E-state index contributed by atoms with van der Waals surface area (Å²) in [4.78, 5) is 6.42. The summed E-state index contributed by atoms with van der Waals surface area (Å²) < 4.78 is 0. The number of nitrogens with zero attached hydrogens (tertiary/aromatic N) is 3. The molecule has 0 saturated carbocycles. The Morgan fingerprint density at radius 1 is 1.53 bits per heavy atom. The second-order valence-corrected chi connectivity index (χ2v) is 5.23. The molecule has 2 saturated heterocycles. The highest BCUT2D eigenvalue weighted by atomic mass is 35.5. The molecule has 2 aliphatic heterocycles. The third kappa shape index (κ3) is 1.39. The number of nitriles is 1. The lowest BCUT2D eigenvalue weighted by molar-refractivity contribution is 0.504. The largest absolute Gasteiger partial charge is 0.397 e. The second-order valence-electron chi connectivity index (χ2n) is 4.82. The maximum Gasteiger partial charge on any atom is 0.149 e. The summed E-state index contributed by atoms with van der Waals surface area (Å²) in [5.41, 5.74) is 5.81. The van der Waals surface area contributed by atoms with Gasteiger partial charge >= 0.3 is 0 Å². The summed E-state index contributed by atoms with van der Waals surface area (Å²) in [5.74, 6) is 0.711. The number of aromatic nitrogens is 1. The van der Waals surface area contributed by atoms with Crippen molar-refractivity contribution in [3.8, 4) is 6.07 Å². The van der Waals surface area contributed by atoms with E-state index >= 15 is 0 Å². The van der Waals surface area contributed by atoms with E-state index in [2.05, 4.69) is 16.0 Å². The molecule has 0 spiro atoms. The van der Waals surface area contributed by atoms with Crippen molar-refractivity contribution in [3.05, 3.63) is 17.3 Å². The Morgan fingerprint density at radius 3 is 2.82 bits per heavy atom. The number of anilines is 2. The zero-order valence-electron chi connectivity index (χ0n) is 9.36. The fourth-order valence-electron chi connectivity index (χ4n) is 3.09. The molecule has 88 valence electrons. The van der Waals surface area contributed by atoms with Crippen LogP contribution in [0.15, 0.2) is 12.3 Å². The quantitative estimate of drug-likeness (QED) is 0.829. The van der Waals surface area contributed by atoms with Gasteiger partial charge in [-0.05, 0) is 31.7 Å². The Balaban J connectivity index is 2.08. The second kappa shape index (κ2) is 3.51. The molecule has 0 amide bonds. The number of nitrogens with two attached hydrogens (primary N) is 1. The van der Waals surface area contributed by atoms with Gasteiger partial charge in [0.1, 0.15) is 11.4 Å². The van der Waals surface area contributed by atoms with Crippen molar-refractivity contribution in [1.29, 1.82) is 5.26 Å². The summed E-state index contributed by atoms with van der Waals surface area (Å²) in [5, 5.41) is 9.97. The number of rotatable bonds is 1. The Bertz CT molecular complexity index is 500. The van der Waals surface area contributed by atoms with E-state index in [4.69, 9.17) is 17.3 Å². The first kappa shape index (κ1) is 10.7. The van der Waals surface area contributed by atoms with Crippen molar-refractivity contribution >= 4 is 23.1 Å². The molecule has 17 heavy (non-hydrogen) atoms. The molecule has 2 bridgehead atoms. The lowest BCUT2D eigenvalue weighted by atomic mass is 9.89. The number of nitrogen functional groups attached to an aromatic ring is 1. The van der Waals surface area contributed by atoms with Gasteiger partial charge in [0.05, 0.1) is 23.0 Å². The summed E-state index contributed by atoms with van der Waals surface area (Å²) in [6.45, 7) is 0. The molecule has 2 N–H and O–H groups in total. The van der Waals surface area contributed by atoms with Gasteiger partial charge < -0.3 is 10.6 Å². The van der Waals surface area contributed by atoms with E-state index in [-0.39, 0.29) is 0 Å². The average Bonchev–Trinajstić information content (AvgIpc) is 2.85. The first-order valence-corrected chi connectivity index (χ1v) is 6.16. The van der Waals surface area contributed by atoms with Gasteiger partial charge in [-0.15, -0.1) is 0 Å². The Morgan fingerprint density at radius 2 is 2.24 bits per heavy atom. The molecule has 3 rings (SSSR count). The van der Waals surface area contributed by atoms with Gasteiger partial charge in [-0.25, -0.2) is 4.98 Å². The van der Waals surface area contributed by atoms with E-state index < -0.39 is 5.54 Å². The number of hydrogen-bond acceptors (Lipinski definition) is 4. The van der Waals surface area contributed by atoms with Gasteiger partial charge in [-0.2, -0.15) is 5.26 Å². The standard InChI is InChI=1S/C12H13ClN4/c13-10-5-8(15)6-16-11(10)17-9-1-3-12(17,7-14)4-2-9/h5-6,9H,1-4,15H2. The predicted octanol–water partition coefficient (Wildman–Crippen LogP) is 2.34. The van der Waals surface area contributed by atoms with Gasteiger partial charge in [-0.3, -0.25) is 0 Å². The Kier molecular flexibility index (Phi) is 2.20. The molecule has 5 heteroatoms. The first-order valence-electron chi connectivity index (χ1n) is 5.78. The zero-order chi connectivity index (χ0) is 12.0. The maximum atomic E-state index is 9.43. The Labute approximate surface area is 105 Å². The van der Waals surface area contributed by atoms with E-state index in [1.165, 1.54) is 0 Å². The van der Waals surface area contributed by atoms with Crippen molar-refractivity contribution in [3.63, 3.8) is 0 Å². The van der Waals surface area contributed by atoms with E-state index in [1.54, 1.807) is 12.3 Å². The lowest BCUT2D eigenvalue weighted by Gasteiger charge is -2.30. The molecule has 2 fully saturated rings. The molecule has 0 unspecified atom stereocenters. The van der Waals surface area contributed by atoms with Crippen molar-refractivity contribution in [2.75, 3.05) is 10.6 Å². The highest BCUT2D eigenvalue weighted by Gasteiger charge is 2.53. The highest BCUT2D eigenvalue weighted by Crippen LogP contribution is 2.49. The molecule has 0 aliphatic carbocycles. The number of pyridine rings is 1. The van der Waals surface area contributed by atoms with Crippen molar-refractivity contribution in [2.24, 2.45) is 0 Å². The number of halogens is 1. The lowest BCUT2D eigenvalue weighted by Crippen LogP contribution is -2.40. The molecular weight excluding hydrogens is 236 g/mol. The summed E-state index contributed by atoms with van der Waals surface area (Å²) in [7, 11) is 0. The molecule has 2 aliphatic rings. The van der Waals surface area contributed by atoms with E-state index in [1.807, 2.05) is 0 Å². The number of hydrogen-bond donors (Lipinski definition) is 1. The van der Waals surface area contributed by atoms with Gasteiger partial charge in [0.25, 0.3) is 0 Å². The third-order valence-electron chi connectivity index (χ3n) is 3.89. The first-order chi connectivity index (χ1) is 8.16. The Hall–Kier alpha value is -1.47. The van der Waals surface area contributed by atoms with Gasteiger partial charge in [0.2, 0.25) is 0 Å². The van der Waals surface area contributed by atoms with Gasteiger partial charge in [0, 0.05) is 6.04 Å². The summed E-state index contributed by atoms with van der Waals surface area (Å²) in [6, 6.07) is 4.56. The number of fused-ring (bicyclic) bond motifs is 2. The van der Waals surface area contributed by atoms with Crippen LogP contribution in [0, 0.1) is 11.3 Å². The monoisotopic (exact) mass is 248 g/mol. The third-order valence-corrected chi connectivity index (χ3v) is 4.17. The SMILES string of the molecule is N#CC12CCC(CC1)N2c1ncc(N)cc1Cl. The molecular formula is C12H13ClN4. The minimum Gasteiger partial charge on any atom is -0.397 e. The van der Waals surface area contributed by atoms with E-state index in [0.29, 0.717) is 22.6 Å². The van der Waals surface area contributed by atoms with Crippen LogP contribution in [0.4, 0.5) is 11.5 Å². The van der Waals surface area contributed by atoms with Crippen LogP contribution in [0.3, 0.4) is 0 Å². The predicted molar refractivity (Wildman–Crippen MR) is 66.7 cm³/mol. The van der Waals surface area contributed by atoms with Crippen molar-refractivity contribution in [1.82, 2.24) is 4.98 Å². The minimum absolute atomic E-state index is 0.391. The van der Waals surface area contributed by atoms with Crippen LogP contribution >= 0.6 is 11.6 Å². The molecule has 0 atom stereocenters. The normalized spacial score (nSPS) is 30.6. The minimum atomic E-state index is -0.391. The molecule has 0 radical (unpaired) electrons. The topological polar surface area (TPSA) is 65.9 Å². The summed E-state index contributed by atoms with van der Waals surface area (Å²) >= 11 is 6.19. The molecule has 1 aromatic rings. The average molecular weight is 249 g/mol. The molecule has 0 aromatic carbocycles. The van der Waals surface area contributed by atoms with Crippen LogP contribution in [0.5, 0.6) is 0 Å². The smallest absolute Gasteiger partial charge is 0.149 e. The van der Waals surface area contributed by atoms with Gasteiger partial charge in [-0.1, -0.05) is 11.6 Å². The van der Waals surface area contributed by atoms with Crippen LogP contribution in [0.1, 0.15) is 25.7 Å². The van der Waals surface area contributed by atoms with E-state index in [0.717, 1.165) is 25.7 Å². The van der Waals surface area contributed by atoms with Crippen molar-refractivity contribution in [2.45, 2.75) is 37.3 Å². The molecule has 3 heterocycles. The fourth-order valence-corrected chi connectivity index (χ4v) is 3.36. The molecule has 1 aromatic heterocycles. The van der Waals surface area contributed by atoms with Crippen molar-refractivity contribution < 1.29 is 0 Å². The summed E-state index contributed by atoms with van der Waals surface area (Å²) in [6.07, 6.45) is 5.53. The van der Waals surface area contributed by atoms with Crippen LogP contribution in [-0.4, -0.2) is 16.6 Å². The van der Waals surface area contributed by atoms with Crippen LogP contribution < -0.4 is 10.6 Å². The fraction of sp³-hybridized carbons (Fsp3) is 0.500. The van der Waals surface area contributed by atoms with E-state index in [9.17, 15) is 5.26 Å². The molecule has 4 nitrogen and oxygen atoms in total. The van der Waals surface area contributed by atoms with Crippen LogP contribution in [0.25, 0.3) is 0 Å².